The van der Waals surface area contributed by atoms with Gasteiger partial charge in [-0.05, 0) is 35.4 Å². The summed E-state index contributed by atoms with van der Waals surface area (Å²) in [5.41, 5.74) is 1.55. The summed E-state index contributed by atoms with van der Waals surface area (Å²) >= 11 is 18.4. The lowest BCUT2D eigenvalue weighted by Crippen LogP contribution is -2.23. The van der Waals surface area contributed by atoms with Crippen molar-refractivity contribution < 1.29 is 24.4 Å². The van der Waals surface area contributed by atoms with Crippen LogP contribution in [0.2, 0.25) is 10.0 Å². The standard InChI is InChI=1S/C22H27Cl3O5/c1-22(2,14-4-6-20(18(24)8-14)29-12-16(26)10-23)15-5-7-21(19(25)9-15)30-13-17(27)11-28-3/h4-9,16-17,26-27H,10-13H2,1-3H3/t16-,17+/m1/s1. The fourth-order valence-corrected chi connectivity index (χ4v) is 3.40. The Morgan fingerprint density at radius 1 is 0.833 bits per heavy atom. The van der Waals surface area contributed by atoms with E-state index >= 15 is 0 Å². The molecule has 2 atom stereocenters. The third kappa shape index (κ3) is 6.64. The van der Waals surface area contributed by atoms with E-state index in [4.69, 9.17) is 49.0 Å². The molecule has 0 spiro atoms. The molecule has 30 heavy (non-hydrogen) atoms. The number of halogens is 3. The number of benzene rings is 2. The van der Waals surface area contributed by atoms with E-state index in [9.17, 15) is 10.2 Å². The van der Waals surface area contributed by atoms with Crippen LogP contribution in [0.1, 0.15) is 25.0 Å². The van der Waals surface area contributed by atoms with Crippen LogP contribution in [0.25, 0.3) is 0 Å². The fraction of sp³-hybridized carbons (Fsp3) is 0.455. The predicted molar refractivity (Wildman–Crippen MR) is 121 cm³/mol. The topological polar surface area (TPSA) is 68.2 Å². The van der Waals surface area contributed by atoms with Gasteiger partial charge in [-0.3, -0.25) is 0 Å². The van der Waals surface area contributed by atoms with Gasteiger partial charge in [-0.25, -0.2) is 0 Å². The van der Waals surface area contributed by atoms with Gasteiger partial charge in [0.2, 0.25) is 0 Å². The number of aliphatic hydroxyl groups is 2. The molecule has 0 saturated heterocycles. The highest BCUT2D eigenvalue weighted by Crippen LogP contribution is 2.38. The Hall–Kier alpha value is -1.21. The monoisotopic (exact) mass is 476 g/mol. The highest BCUT2D eigenvalue weighted by molar-refractivity contribution is 6.32. The Labute approximate surface area is 192 Å². The third-order valence-corrected chi connectivity index (χ3v) is 5.65. The summed E-state index contributed by atoms with van der Waals surface area (Å²) in [5, 5.41) is 20.2. The number of rotatable bonds is 11. The summed E-state index contributed by atoms with van der Waals surface area (Å²) < 4.78 is 16.0. The normalized spacial score (nSPS) is 13.7. The number of aliphatic hydroxyl groups excluding tert-OH is 2. The zero-order chi connectivity index (χ0) is 22.3. The molecule has 0 unspecified atom stereocenters. The maximum atomic E-state index is 9.73. The molecule has 0 radical (unpaired) electrons. The van der Waals surface area contributed by atoms with E-state index in [1.54, 1.807) is 12.1 Å². The van der Waals surface area contributed by atoms with Gasteiger partial charge < -0.3 is 24.4 Å². The van der Waals surface area contributed by atoms with E-state index < -0.39 is 17.6 Å². The van der Waals surface area contributed by atoms with Crippen molar-refractivity contribution in [1.29, 1.82) is 0 Å². The molecular weight excluding hydrogens is 451 g/mol. The van der Waals surface area contributed by atoms with Gasteiger partial charge >= 0.3 is 0 Å². The van der Waals surface area contributed by atoms with E-state index in [1.165, 1.54) is 7.11 Å². The summed E-state index contributed by atoms with van der Waals surface area (Å²) in [4.78, 5) is 0. The number of hydrogen-bond acceptors (Lipinski definition) is 5. The molecule has 0 aliphatic rings. The average Bonchev–Trinajstić information content (AvgIpc) is 2.71. The first-order valence-corrected chi connectivity index (χ1v) is 10.7. The lowest BCUT2D eigenvalue weighted by Gasteiger charge is -2.27. The SMILES string of the molecule is COC[C@H](O)COc1ccc(C(C)(C)c2ccc(OC[C@H](O)CCl)c(Cl)c2)cc1Cl. The van der Waals surface area contributed by atoms with Crippen molar-refractivity contribution in [2.24, 2.45) is 0 Å². The summed E-state index contributed by atoms with van der Waals surface area (Å²) in [6.07, 6.45) is -1.48. The summed E-state index contributed by atoms with van der Waals surface area (Å²) in [6, 6.07) is 11.1. The van der Waals surface area contributed by atoms with Crippen LogP contribution in [-0.4, -0.2) is 55.2 Å². The lowest BCUT2D eigenvalue weighted by molar-refractivity contribution is 0.0326. The van der Waals surface area contributed by atoms with E-state index in [2.05, 4.69) is 13.8 Å². The number of methoxy groups -OCH3 is 1. The zero-order valence-corrected chi connectivity index (χ0v) is 19.5. The molecule has 5 nitrogen and oxygen atoms in total. The van der Waals surface area contributed by atoms with Gasteiger partial charge in [0.25, 0.3) is 0 Å². The molecule has 0 aliphatic heterocycles. The van der Waals surface area contributed by atoms with Crippen molar-refractivity contribution in [2.45, 2.75) is 31.5 Å². The van der Waals surface area contributed by atoms with Crippen LogP contribution in [0.4, 0.5) is 0 Å². The summed E-state index contributed by atoms with van der Waals surface area (Å²) in [7, 11) is 1.52. The maximum absolute atomic E-state index is 9.73. The molecule has 0 amide bonds. The molecule has 0 heterocycles. The van der Waals surface area contributed by atoms with Crippen molar-refractivity contribution in [3.05, 3.63) is 57.6 Å². The second-order valence-electron chi connectivity index (χ2n) is 7.45. The van der Waals surface area contributed by atoms with E-state index in [0.717, 1.165) is 11.1 Å². The molecule has 166 valence electrons. The Morgan fingerprint density at radius 2 is 1.30 bits per heavy atom. The van der Waals surface area contributed by atoms with Crippen LogP contribution in [0.15, 0.2) is 36.4 Å². The van der Waals surface area contributed by atoms with Gasteiger partial charge in [-0.2, -0.15) is 0 Å². The Bertz CT molecular complexity index is 828. The minimum Gasteiger partial charge on any atom is -0.489 e. The second-order valence-corrected chi connectivity index (χ2v) is 8.58. The molecule has 0 fully saturated rings. The van der Waals surface area contributed by atoms with E-state index in [-0.39, 0.29) is 25.7 Å². The smallest absolute Gasteiger partial charge is 0.138 e. The lowest BCUT2D eigenvalue weighted by atomic mass is 9.78. The van der Waals surface area contributed by atoms with Gasteiger partial charge in [0.05, 0.1) is 22.5 Å². The molecule has 0 bridgehead atoms. The van der Waals surface area contributed by atoms with Gasteiger partial charge in [0, 0.05) is 12.5 Å². The van der Waals surface area contributed by atoms with Crippen molar-refractivity contribution in [2.75, 3.05) is 32.8 Å². The average molecular weight is 478 g/mol. The summed E-state index contributed by atoms with van der Waals surface area (Å²) in [6.45, 7) is 4.47. The molecular formula is C22H27Cl3O5. The van der Waals surface area contributed by atoms with Gasteiger partial charge in [0.15, 0.2) is 0 Å². The Kier molecular flexibility index (Phi) is 9.54. The Balaban J connectivity index is 2.16. The third-order valence-electron chi connectivity index (χ3n) is 4.71. The van der Waals surface area contributed by atoms with Crippen LogP contribution in [0.3, 0.4) is 0 Å². The molecule has 0 aliphatic carbocycles. The molecule has 2 aromatic carbocycles. The van der Waals surface area contributed by atoms with E-state index in [1.807, 2.05) is 24.3 Å². The van der Waals surface area contributed by atoms with Crippen molar-refractivity contribution in [1.82, 2.24) is 0 Å². The number of hydrogen-bond donors (Lipinski definition) is 2. The van der Waals surface area contributed by atoms with Gasteiger partial charge in [-0.1, -0.05) is 49.2 Å². The van der Waals surface area contributed by atoms with Crippen LogP contribution in [-0.2, 0) is 10.2 Å². The van der Waals surface area contributed by atoms with Gasteiger partial charge in [0.1, 0.15) is 36.9 Å². The first-order valence-electron chi connectivity index (χ1n) is 9.45. The fourth-order valence-electron chi connectivity index (χ4n) is 2.84. The molecule has 2 N–H and O–H groups in total. The van der Waals surface area contributed by atoms with Crippen LogP contribution in [0.5, 0.6) is 11.5 Å². The maximum Gasteiger partial charge on any atom is 0.138 e. The van der Waals surface area contributed by atoms with Crippen molar-refractivity contribution in [3.63, 3.8) is 0 Å². The predicted octanol–water partition coefficient (Wildman–Crippen LogP) is 4.68. The van der Waals surface area contributed by atoms with Crippen molar-refractivity contribution >= 4 is 34.8 Å². The zero-order valence-electron chi connectivity index (χ0n) is 17.2. The second kappa shape index (κ2) is 11.4. The molecule has 2 aromatic rings. The van der Waals surface area contributed by atoms with Crippen LogP contribution in [0, 0.1) is 0 Å². The highest BCUT2D eigenvalue weighted by Gasteiger charge is 2.25. The van der Waals surface area contributed by atoms with Gasteiger partial charge in [-0.15, -0.1) is 11.6 Å². The Morgan fingerprint density at radius 3 is 1.70 bits per heavy atom. The first-order chi connectivity index (χ1) is 14.2. The summed E-state index contributed by atoms with van der Waals surface area (Å²) in [5.74, 6) is 1.07. The molecule has 0 saturated carbocycles. The molecule has 0 aromatic heterocycles. The van der Waals surface area contributed by atoms with Crippen molar-refractivity contribution in [3.8, 4) is 11.5 Å². The first kappa shape index (κ1) is 25.1. The number of alkyl halides is 1. The van der Waals surface area contributed by atoms with Crippen LogP contribution >= 0.6 is 34.8 Å². The van der Waals surface area contributed by atoms with E-state index in [0.29, 0.717) is 21.5 Å². The minimum absolute atomic E-state index is 0.0715. The minimum atomic E-state index is -0.752. The largest absolute Gasteiger partial charge is 0.489 e. The quantitative estimate of drug-likeness (QED) is 0.460. The molecule has 8 heteroatoms. The molecule has 2 rings (SSSR count). The van der Waals surface area contributed by atoms with Crippen LogP contribution < -0.4 is 9.47 Å². The number of ether oxygens (including phenoxy) is 3. The highest BCUT2D eigenvalue weighted by atomic mass is 35.5.